The van der Waals surface area contributed by atoms with E-state index in [-0.39, 0.29) is 24.1 Å². The van der Waals surface area contributed by atoms with Crippen molar-refractivity contribution in [1.82, 2.24) is 15.3 Å². The number of thiophene rings is 1. The van der Waals surface area contributed by atoms with Crippen LogP contribution < -0.4 is 10.7 Å². The first-order valence-electron chi connectivity index (χ1n) is 10.3. The monoisotopic (exact) mass is 456 g/mol. The summed E-state index contributed by atoms with van der Waals surface area (Å²) in [5.74, 6) is -1.19. The molecule has 2 N–H and O–H groups in total. The minimum atomic E-state index is -0.721. The van der Waals surface area contributed by atoms with Crippen LogP contribution in [0.25, 0.3) is 0 Å². The van der Waals surface area contributed by atoms with Crippen molar-refractivity contribution in [2.24, 2.45) is 0 Å². The highest BCUT2D eigenvalue weighted by atomic mass is 32.1. The number of methoxy groups -OCH3 is 1. The van der Waals surface area contributed by atoms with Gasteiger partial charge in [-0.25, -0.2) is 9.80 Å². The average Bonchev–Trinajstić information content (AvgIpc) is 3.32. The fourth-order valence-electron chi connectivity index (χ4n) is 4.01. The van der Waals surface area contributed by atoms with Crippen LogP contribution in [-0.4, -0.2) is 53.3 Å². The molecular formula is C22H24N4O5S. The molecule has 0 radical (unpaired) electrons. The zero-order valence-electron chi connectivity index (χ0n) is 17.8. The molecule has 32 heavy (non-hydrogen) atoms. The van der Waals surface area contributed by atoms with Crippen molar-refractivity contribution in [3.05, 3.63) is 51.9 Å². The van der Waals surface area contributed by atoms with Gasteiger partial charge in [-0.15, -0.1) is 11.3 Å². The second-order valence-electron chi connectivity index (χ2n) is 7.75. The molecule has 4 rings (SSSR count). The lowest BCUT2D eigenvalue weighted by molar-refractivity contribution is -0.129. The first-order valence-corrected chi connectivity index (χ1v) is 11.1. The minimum absolute atomic E-state index is 0.0232. The van der Waals surface area contributed by atoms with Gasteiger partial charge in [-0.3, -0.25) is 19.8 Å². The van der Waals surface area contributed by atoms with Gasteiger partial charge in [0.1, 0.15) is 11.0 Å². The lowest BCUT2D eigenvalue weighted by atomic mass is 10.0. The largest absolute Gasteiger partial charge is 0.465 e. The molecule has 1 saturated heterocycles. The molecule has 0 saturated carbocycles. The molecule has 0 spiro atoms. The van der Waals surface area contributed by atoms with Crippen molar-refractivity contribution in [2.75, 3.05) is 19.0 Å². The number of nitrogens with one attached hydrogen (secondary N) is 2. The number of carbonyl (C=O) groups is 4. The third-order valence-corrected chi connectivity index (χ3v) is 6.78. The van der Waals surface area contributed by atoms with Crippen LogP contribution in [0, 0.1) is 0 Å². The van der Waals surface area contributed by atoms with E-state index in [0.29, 0.717) is 36.6 Å². The van der Waals surface area contributed by atoms with Crippen molar-refractivity contribution < 1.29 is 23.9 Å². The normalized spacial score (nSPS) is 18.1. The lowest BCUT2D eigenvalue weighted by Crippen LogP contribution is -2.43. The van der Waals surface area contributed by atoms with E-state index in [1.165, 1.54) is 25.4 Å². The molecule has 1 unspecified atom stereocenters. The maximum Gasteiger partial charge on any atom is 0.341 e. The molecular weight excluding hydrogens is 432 g/mol. The zero-order chi connectivity index (χ0) is 22.8. The fraction of sp³-hybridized carbons (Fsp3) is 0.364. The number of carbonyl (C=O) groups excluding carboxylic acids is 4. The van der Waals surface area contributed by atoms with Crippen LogP contribution in [0.5, 0.6) is 0 Å². The van der Waals surface area contributed by atoms with Gasteiger partial charge in [-0.2, -0.15) is 0 Å². The van der Waals surface area contributed by atoms with Gasteiger partial charge in [0.2, 0.25) is 17.7 Å². The summed E-state index contributed by atoms with van der Waals surface area (Å²) in [6, 6.07) is 8.81. The van der Waals surface area contributed by atoms with Crippen LogP contribution in [0.15, 0.2) is 30.3 Å². The van der Waals surface area contributed by atoms with Crippen LogP contribution in [-0.2, 0) is 38.6 Å². The Kier molecular flexibility index (Phi) is 6.24. The molecule has 168 valence electrons. The molecule has 0 aliphatic carbocycles. The Labute approximate surface area is 189 Å². The van der Waals surface area contributed by atoms with E-state index in [1.807, 2.05) is 30.3 Å². The molecule has 3 heterocycles. The maximum absolute atomic E-state index is 13.2. The van der Waals surface area contributed by atoms with E-state index in [0.717, 1.165) is 16.0 Å². The molecule has 1 fully saturated rings. The summed E-state index contributed by atoms with van der Waals surface area (Å²) < 4.78 is 4.96. The number of anilines is 1. The summed E-state index contributed by atoms with van der Waals surface area (Å²) in [5, 5.41) is 4.84. The van der Waals surface area contributed by atoms with Crippen LogP contribution >= 0.6 is 11.3 Å². The molecule has 1 atom stereocenters. The first-order chi connectivity index (χ1) is 15.4. The number of fused-ring (bicyclic) bond motifs is 1. The van der Waals surface area contributed by atoms with Gasteiger partial charge in [0.15, 0.2) is 0 Å². The molecule has 1 aromatic carbocycles. The van der Waals surface area contributed by atoms with Crippen molar-refractivity contribution in [3.63, 3.8) is 0 Å². The fourth-order valence-corrected chi connectivity index (χ4v) is 5.26. The van der Waals surface area contributed by atoms with Crippen molar-refractivity contribution >= 4 is 40.0 Å². The van der Waals surface area contributed by atoms with Crippen molar-refractivity contribution in [1.29, 1.82) is 0 Å². The highest BCUT2D eigenvalue weighted by molar-refractivity contribution is 7.17. The van der Waals surface area contributed by atoms with Crippen LogP contribution in [0.3, 0.4) is 0 Å². The van der Waals surface area contributed by atoms with Gasteiger partial charge < -0.3 is 15.0 Å². The van der Waals surface area contributed by atoms with Crippen molar-refractivity contribution in [3.8, 4) is 0 Å². The summed E-state index contributed by atoms with van der Waals surface area (Å²) in [6.45, 7) is 2.78. The van der Waals surface area contributed by atoms with E-state index in [1.54, 1.807) is 9.91 Å². The number of hydrogen-bond acceptors (Lipinski definition) is 7. The van der Waals surface area contributed by atoms with Gasteiger partial charge in [0, 0.05) is 24.9 Å². The summed E-state index contributed by atoms with van der Waals surface area (Å²) in [4.78, 5) is 52.1. The standard InChI is InChI=1S/C22H24N4O5S/c1-13(27)25-9-8-15-17(12-25)32-21(19(15)22(30)31-2)23-20(29)16-10-18(28)24-26(16)11-14-6-4-3-5-7-14/h3-7,16H,8-12H2,1-2H3,(H,23,29)(H,24,28). The number of nitrogens with zero attached hydrogens (tertiary/aromatic N) is 2. The summed E-state index contributed by atoms with van der Waals surface area (Å²) >= 11 is 1.27. The topological polar surface area (TPSA) is 108 Å². The Morgan fingerprint density at radius 1 is 1.25 bits per heavy atom. The zero-order valence-corrected chi connectivity index (χ0v) is 18.7. The van der Waals surface area contributed by atoms with Crippen LogP contribution in [0.1, 0.15) is 39.7 Å². The van der Waals surface area contributed by atoms with E-state index < -0.39 is 12.0 Å². The van der Waals surface area contributed by atoms with E-state index in [4.69, 9.17) is 4.74 Å². The number of benzene rings is 1. The molecule has 3 amide bonds. The SMILES string of the molecule is COC(=O)c1c(NC(=O)C2CC(=O)NN2Cc2ccccc2)sc2c1CCN(C(C)=O)C2. The van der Waals surface area contributed by atoms with Gasteiger partial charge >= 0.3 is 5.97 Å². The number of esters is 1. The second kappa shape index (κ2) is 9.09. The number of hydrogen-bond donors (Lipinski definition) is 2. The Bertz CT molecular complexity index is 1070. The third-order valence-electron chi connectivity index (χ3n) is 5.65. The number of hydrazine groups is 1. The summed E-state index contributed by atoms with van der Waals surface area (Å²) in [6.07, 6.45) is 0.532. The Morgan fingerprint density at radius 2 is 2.00 bits per heavy atom. The van der Waals surface area contributed by atoms with Gasteiger partial charge in [0.05, 0.1) is 25.6 Å². The van der Waals surface area contributed by atoms with Crippen molar-refractivity contribution in [2.45, 2.75) is 38.9 Å². The predicted molar refractivity (Wildman–Crippen MR) is 118 cm³/mol. The van der Waals surface area contributed by atoms with E-state index in [2.05, 4.69) is 10.7 Å². The van der Waals surface area contributed by atoms with Crippen LogP contribution in [0.2, 0.25) is 0 Å². The van der Waals surface area contributed by atoms with Gasteiger partial charge in [-0.1, -0.05) is 30.3 Å². The van der Waals surface area contributed by atoms with E-state index >= 15 is 0 Å². The lowest BCUT2D eigenvalue weighted by Gasteiger charge is -2.25. The molecule has 9 nitrogen and oxygen atoms in total. The summed E-state index contributed by atoms with van der Waals surface area (Å²) in [7, 11) is 1.30. The Balaban J connectivity index is 1.57. The number of amides is 3. The molecule has 1 aromatic heterocycles. The highest BCUT2D eigenvalue weighted by Gasteiger charge is 2.37. The minimum Gasteiger partial charge on any atom is -0.465 e. The first kappa shape index (κ1) is 22.0. The number of rotatable bonds is 5. The molecule has 10 heteroatoms. The third kappa shape index (κ3) is 4.37. The molecule has 2 aromatic rings. The quantitative estimate of drug-likeness (QED) is 0.663. The Hall–Kier alpha value is -3.24. The number of ether oxygens (including phenoxy) is 1. The van der Waals surface area contributed by atoms with Gasteiger partial charge in [-0.05, 0) is 17.5 Å². The predicted octanol–water partition coefficient (Wildman–Crippen LogP) is 1.68. The molecule has 0 bridgehead atoms. The van der Waals surface area contributed by atoms with E-state index in [9.17, 15) is 19.2 Å². The summed E-state index contributed by atoms with van der Waals surface area (Å²) in [5.41, 5.74) is 4.82. The highest BCUT2D eigenvalue weighted by Crippen LogP contribution is 2.38. The van der Waals surface area contributed by atoms with Crippen LogP contribution in [0.4, 0.5) is 5.00 Å². The van der Waals surface area contributed by atoms with Gasteiger partial charge in [0.25, 0.3) is 0 Å². The Morgan fingerprint density at radius 3 is 2.69 bits per heavy atom. The second-order valence-corrected chi connectivity index (χ2v) is 8.85. The maximum atomic E-state index is 13.2. The smallest absolute Gasteiger partial charge is 0.341 e. The molecule has 2 aliphatic rings. The average molecular weight is 457 g/mol. The molecule has 2 aliphatic heterocycles.